The molecule has 0 radical (unpaired) electrons. The Bertz CT molecular complexity index is 2020. The van der Waals surface area contributed by atoms with Gasteiger partial charge in [0.15, 0.2) is 17.3 Å². The van der Waals surface area contributed by atoms with Gasteiger partial charge in [-0.15, -0.1) is 0 Å². The molecular formula is C32H22BrClFN3O4. The Morgan fingerprint density at radius 3 is 2.67 bits per heavy atom. The molecule has 210 valence electrons. The van der Waals surface area contributed by atoms with Crippen LogP contribution in [0.5, 0.6) is 11.5 Å². The van der Waals surface area contributed by atoms with Crippen molar-refractivity contribution in [3.05, 3.63) is 122 Å². The molecular weight excluding hydrogens is 625 g/mol. The molecule has 6 aromatic rings. The van der Waals surface area contributed by atoms with Gasteiger partial charge in [0, 0.05) is 10.4 Å². The highest BCUT2D eigenvalue weighted by Gasteiger charge is 2.17. The molecule has 7 nitrogen and oxygen atoms in total. The van der Waals surface area contributed by atoms with Crippen LogP contribution in [0.2, 0.25) is 5.02 Å². The third-order valence-electron chi connectivity index (χ3n) is 6.40. The second-order valence-corrected chi connectivity index (χ2v) is 10.6. The van der Waals surface area contributed by atoms with Crippen molar-refractivity contribution in [1.82, 2.24) is 9.66 Å². The molecule has 0 saturated heterocycles. The molecule has 10 heteroatoms. The van der Waals surface area contributed by atoms with Gasteiger partial charge in [0.25, 0.3) is 5.56 Å². The quantitative estimate of drug-likeness (QED) is 0.156. The largest absolute Gasteiger partial charge is 0.490 e. The lowest BCUT2D eigenvalue weighted by molar-refractivity contribution is 0.267. The van der Waals surface area contributed by atoms with Crippen molar-refractivity contribution in [1.29, 1.82) is 0 Å². The second kappa shape index (κ2) is 11.8. The first-order chi connectivity index (χ1) is 20.4. The van der Waals surface area contributed by atoms with Crippen LogP contribution in [-0.2, 0) is 6.61 Å². The summed E-state index contributed by atoms with van der Waals surface area (Å²) >= 11 is 9.74. The SMILES string of the molecule is CCOc1cc(C=Nn2c(-c3cc4cc(Cl)ccc4o3)nc3ccccc3c2=O)cc(Br)c1OCc1ccc(F)cc1. The zero-order valence-electron chi connectivity index (χ0n) is 22.2. The van der Waals surface area contributed by atoms with Crippen LogP contribution in [-0.4, -0.2) is 22.5 Å². The molecule has 2 heterocycles. The Kier molecular flexibility index (Phi) is 7.78. The van der Waals surface area contributed by atoms with E-state index in [9.17, 15) is 9.18 Å². The van der Waals surface area contributed by atoms with E-state index in [0.717, 1.165) is 10.9 Å². The molecule has 0 N–H and O–H groups in total. The van der Waals surface area contributed by atoms with Crippen LogP contribution < -0.4 is 15.0 Å². The van der Waals surface area contributed by atoms with Gasteiger partial charge < -0.3 is 13.9 Å². The molecule has 0 aliphatic heterocycles. The average molecular weight is 647 g/mol. The number of aromatic nitrogens is 2. The van der Waals surface area contributed by atoms with Crippen molar-refractivity contribution in [2.24, 2.45) is 5.10 Å². The van der Waals surface area contributed by atoms with Gasteiger partial charge >= 0.3 is 0 Å². The van der Waals surface area contributed by atoms with E-state index in [2.05, 4.69) is 21.0 Å². The number of furan rings is 1. The Labute approximate surface area is 252 Å². The number of fused-ring (bicyclic) bond motifs is 2. The summed E-state index contributed by atoms with van der Waals surface area (Å²) in [6.45, 7) is 2.48. The molecule has 0 spiro atoms. The fraction of sp³-hybridized carbons (Fsp3) is 0.0938. The fourth-order valence-corrected chi connectivity index (χ4v) is 5.20. The minimum Gasteiger partial charge on any atom is -0.490 e. The molecule has 0 saturated carbocycles. The van der Waals surface area contributed by atoms with Crippen LogP contribution in [0.25, 0.3) is 33.5 Å². The monoisotopic (exact) mass is 645 g/mol. The number of hydrogen-bond donors (Lipinski definition) is 0. The number of para-hydroxylation sites is 1. The first-order valence-electron chi connectivity index (χ1n) is 13.0. The molecule has 4 aromatic carbocycles. The smallest absolute Gasteiger partial charge is 0.282 e. The topological polar surface area (TPSA) is 78.9 Å². The zero-order valence-corrected chi connectivity index (χ0v) is 24.5. The highest BCUT2D eigenvalue weighted by atomic mass is 79.9. The van der Waals surface area contributed by atoms with Gasteiger partial charge in [-0.2, -0.15) is 9.78 Å². The lowest BCUT2D eigenvalue weighted by atomic mass is 10.2. The van der Waals surface area contributed by atoms with Crippen LogP contribution in [0.15, 0.2) is 104 Å². The van der Waals surface area contributed by atoms with Gasteiger partial charge in [-0.3, -0.25) is 4.79 Å². The number of benzene rings is 4. The van der Waals surface area contributed by atoms with E-state index in [1.807, 2.05) is 13.0 Å². The van der Waals surface area contributed by atoms with Gasteiger partial charge in [-0.25, -0.2) is 9.37 Å². The Morgan fingerprint density at radius 1 is 1.05 bits per heavy atom. The molecule has 0 bridgehead atoms. The summed E-state index contributed by atoms with van der Waals surface area (Å²) in [5.74, 6) is 1.27. The standard InChI is InChI=1S/C32H22BrClFN3O4/c1-2-40-28-14-20(13-25(33)30(28)41-18-19-7-10-23(35)11-8-19)17-36-38-31(37-26-6-4-3-5-24(26)32(38)39)29-16-21-15-22(34)9-12-27(21)42-29/h3-17H,2,18H2,1H3. The summed E-state index contributed by atoms with van der Waals surface area (Å²) in [5.41, 5.74) is 2.22. The number of ether oxygens (including phenoxy) is 2. The van der Waals surface area contributed by atoms with Crippen LogP contribution in [0.3, 0.4) is 0 Å². The van der Waals surface area contributed by atoms with Crippen molar-refractivity contribution < 1.29 is 18.3 Å². The molecule has 0 atom stereocenters. The van der Waals surface area contributed by atoms with E-state index in [0.29, 0.717) is 55.4 Å². The fourth-order valence-electron chi connectivity index (χ4n) is 4.44. The van der Waals surface area contributed by atoms with Crippen molar-refractivity contribution in [2.75, 3.05) is 6.61 Å². The lowest BCUT2D eigenvalue weighted by Crippen LogP contribution is -2.20. The summed E-state index contributed by atoms with van der Waals surface area (Å²) in [5, 5.41) is 6.30. The van der Waals surface area contributed by atoms with Crippen molar-refractivity contribution >= 4 is 55.6 Å². The van der Waals surface area contributed by atoms with E-state index < -0.39 is 0 Å². The minimum atomic E-state index is -0.353. The van der Waals surface area contributed by atoms with Crippen LogP contribution >= 0.6 is 27.5 Å². The highest BCUT2D eigenvalue weighted by molar-refractivity contribution is 9.10. The maximum absolute atomic E-state index is 13.6. The minimum absolute atomic E-state index is 0.219. The Hall–Kier alpha value is -4.47. The van der Waals surface area contributed by atoms with Crippen molar-refractivity contribution in [2.45, 2.75) is 13.5 Å². The first-order valence-corrected chi connectivity index (χ1v) is 14.2. The number of nitrogens with zero attached hydrogens (tertiary/aromatic N) is 3. The molecule has 42 heavy (non-hydrogen) atoms. The van der Waals surface area contributed by atoms with E-state index in [4.69, 9.17) is 30.5 Å². The summed E-state index contributed by atoms with van der Waals surface area (Å²) in [4.78, 5) is 18.3. The van der Waals surface area contributed by atoms with Crippen LogP contribution in [0.1, 0.15) is 18.1 Å². The zero-order chi connectivity index (χ0) is 29.2. The van der Waals surface area contributed by atoms with Gasteiger partial charge in [0.05, 0.1) is 28.2 Å². The van der Waals surface area contributed by atoms with E-state index in [1.54, 1.807) is 66.7 Å². The van der Waals surface area contributed by atoms with Crippen LogP contribution in [0.4, 0.5) is 4.39 Å². The number of rotatable bonds is 8. The third-order valence-corrected chi connectivity index (χ3v) is 7.23. The van der Waals surface area contributed by atoms with Crippen molar-refractivity contribution in [3.8, 4) is 23.1 Å². The molecule has 0 unspecified atom stereocenters. The molecule has 0 aliphatic carbocycles. The predicted molar refractivity (Wildman–Crippen MR) is 165 cm³/mol. The maximum Gasteiger partial charge on any atom is 0.282 e. The van der Waals surface area contributed by atoms with Gasteiger partial charge in [-0.05, 0) is 94.6 Å². The molecule has 2 aromatic heterocycles. The second-order valence-electron chi connectivity index (χ2n) is 9.29. The number of halogens is 3. The average Bonchev–Trinajstić information content (AvgIpc) is 3.40. The molecule has 0 amide bonds. The predicted octanol–water partition coefficient (Wildman–Crippen LogP) is 8.22. The maximum atomic E-state index is 13.6. The highest BCUT2D eigenvalue weighted by Crippen LogP contribution is 2.37. The lowest BCUT2D eigenvalue weighted by Gasteiger charge is -2.15. The Balaban J connectivity index is 1.40. The van der Waals surface area contributed by atoms with E-state index >= 15 is 0 Å². The molecule has 0 aliphatic rings. The third kappa shape index (κ3) is 5.66. The number of hydrogen-bond acceptors (Lipinski definition) is 6. The van der Waals surface area contributed by atoms with Gasteiger partial charge in [0.2, 0.25) is 5.82 Å². The summed E-state index contributed by atoms with van der Waals surface area (Å²) in [7, 11) is 0. The Morgan fingerprint density at radius 2 is 1.86 bits per heavy atom. The van der Waals surface area contributed by atoms with E-state index in [-0.39, 0.29) is 23.8 Å². The van der Waals surface area contributed by atoms with E-state index in [1.165, 1.54) is 23.0 Å². The summed E-state index contributed by atoms with van der Waals surface area (Å²) in [6, 6.07) is 23.8. The van der Waals surface area contributed by atoms with Crippen LogP contribution in [0, 0.1) is 5.82 Å². The summed E-state index contributed by atoms with van der Waals surface area (Å²) in [6.07, 6.45) is 1.54. The normalized spacial score (nSPS) is 11.5. The van der Waals surface area contributed by atoms with Gasteiger partial charge in [0.1, 0.15) is 18.0 Å². The van der Waals surface area contributed by atoms with Gasteiger partial charge in [-0.1, -0.05) is 35.9 Å². The summed E-state index contributed by atoms with van der Waals surface area (Å²) < 4.78 is 33.0. The molecule has 6 rings (SSSR count). The van der Waals surface area contributed by atoms with Crippen molar-refractivity contribution in [3.63, 3.8) is 0 Å². The first kappa shape index (κ1) is 27.7. The molecule has 0 fully saturated rings.